The standard InChI is InChI=1S/C12H16ClN3O3S/c1-4-8(7-20-3)15(2)12(17)9-5-6-14-11(13)10(9)16(18)19/h5-6,8H,4,7H2,1-3H3. The molecule has 0 bridgehead atoms. The van der Waals surface area contributed by atoms with Crippen molar-refractivity contribution >= 4 is 35.0 Å². The Balaban J connectivity index is 3.15. The van der Waals surface area contributed by atoms with E-state index in [0.29, 0.717) is 0 Å². The minimum atomic E-state index is -0.675. The number of carbonyl (C=O) groups is 1. The molecule has 20 heavy (non-hydrogen) atoms. The topological polar surface area (TPSA) is 76.3 Å². The van der Waals surface area contributed by atoms with Crippen LogP contribution < -0.4 is 0 Å². The fraction of sp³-hybridized carbons (Fsp3) is 0.500. The van der Waals surface area contributed by atoms with Gasteiger partial charge in [-0.25, -0.2) is 4.98 Å². The van der Waals surface area contributed by atoms with E-state index in [9.17, 15) is 14.9 Å². The summed E-state index contributed by atoms with van der Waals surface area (Å²) in [6.45, 7) is 1.97. The highest BCUT2D eigenvalue weighted by Crippen LogP contribution is 2.27. The van der Waals surface area contributed by atoms with Crippen molar-refractivity contribution in [2.45, 2.75) is 19.4 Å². The fourth-order valence-electron chi connectivity index (χ4n) is 1.83. The van der Waals surface area contributed by atoms with Crippen molar-refractivity contribution in [3.05, 3.63) is 33.1 Å². The average molecular weight is 318 g/mol. The Morgan fingerprint density at radius 3 is 2.80 bits per heavy atom. The minimum Gasteiger partial charge on any atom is -0.338 e. The summed E-state index contributed by atoms with van der Waals surface area (Å²) in [4.78, 5) is 28.0. The smallest absolute Gasteiger partial charge is 0.319 e. The predicted molar refractivity (Wildman–Crippen MR) is 80.5 cm³/mol. The molecule has 0 aliphatic rings. The summed E-state index contributed by atoms with van der Waals surface area (Å²) in [6, 6.07) is 1.35. The number of pyridine rings is 1. The zero-order chi connectivity index (χ0) is 15.3. The van der Waals surface area contributed by atoms with Gasteiger partial charge in [-0.3, -0.25) is 14.9 Å². The molecule has 0 N–H and O–H groups in total. The molecule has 0 aromatic carbocycles. The van der Waals surface area contributed by atoms with Crippen LogP contribution in [0.2, 0.25) is 5.15 Å². The Bertz CT molecular complexity index is 513. The van der Waals surface area contributed by atoms with Gasteiger partial charge in [-0.2, -0.15) is 11.8 Å². The van der Waals surface area contributed by atoms with Crippen LogP contribution in [0.5, 0.6) is 0 Å². The molecule has 1 aromatic rings. The van der Waals surface area contributed by atoms with Crippen molar-refractivity contribution < 1.29 is 9.72 Å². The van der Waals surface area contributed by atoms with Crippen LogP contribution in [-0.2, 0) is 0 Å². The molecule has 1 rings (SSSR count). The summed E-state index contributed by atoms with van der Waals surface area (Å²) in [5.74, 6) is 0.354. The Morgan fingerprint density at radius 2 is 2.30 bits per heavy atom. The molecule has 6 nitrogen and oxygen atoms in total. The second kappa shape index (κ2) is 7.44. The highest BCUT2D eigenvalue weighted by Gasteiger charge is 2.29. The van der Waals surface area contributed by atoms with Crippen LogP contribution in [0.15, 0.2) is 12.3 Å². The van der Waals surface area contributed by atoms with E-state index in [2.05, 4.69) is 4.98 Å². The van der Waals surface area contributed by atoms with Gasteiger partial charge < -0.3 is 4.90 Å². The van der Waals surface area contributed by atoms with Crippen molar-refractivity contribution in [1.82, 2.24) is 9.88 Å². The van der Waals surface area contributed by atoms with E-state index >= 15 is 0 Å². The summed E-state index contributed by atoms with van der Waals surface area (Å²) in [6.07, 6.45) is 4.02. The first-order chi connectivity index (χ1) is 9.43. The minimum absolute atomic E-state index is 0.0176. The summed E-state index contributed by atoms with van der Waals surface area (Å²) in [7, 11) is 1.64. The molecule has 1 atom stereocenters. The molecular weight excluding hydrogens is 302 g/mol. The highest BCUT2D eigenvalue weighted by molar-refractivity contribution is 7.98. The van der Waals surface area contributed by atoms with Crippen LogP contribution in [0.1, 0.15) is 23.7 Å². The molecular formula is C12H16ClN3O3S. The number of hydrogen-bond acceptors (Lipinski definition) is 5. The zero-order valence-electron chi connectivity index (χ0n) is 11.5. The molecule has 1 aromatic heterocycles. The summed E-state index contributed by atoms with van der Waals surface area (Å²) in [5.41, 5.74) is -0.470. The number of carbonyl (C=O) groups excluding carboxylic acids is 1. The van der Waals surface area contributed by atoms with E-state index < -0.39 is 16.5 Å². The third-order valence-corrected chi connectivity index (χ3v) is 3.99. The van der Waals surface area contributed by atoms with E-state index in [-0.39, 0.29) is 16.8 Å². The zero-order valence-corrected chi connectivity index (χ0v) is 13.1. The predicted octanol–water partition coefficient (Wildman–Crippen LogP) is 2.86. The normalized spacial score (nSPS) is 12.0. The fourth-order valence-corrected chi connectivity index (χ4v) is 2.90. The summed E-state index contributed by atoms with van der Waals surface area (Å²) < 4.78 is 0. The number of nitro groups is 1. The van der Waals surface area contributed by atoms with Crippen LogP contribution in [0.4, 0.5) is 5.69 Å². The Kier molecular flexibility index (Phi) is 6.22. The molecule has 0 saturated carbocycles. The summed E-state index contributed by atoms with van der Waals surface area (Å²) in [5, 5.41) is 10.8. The maximum Gasteiger partial charge on any atom is 0.319 e. The molecule has 110 valence electrons. The highest BCUT2D eigenvalue weighted by atomic mass is 35.5. The molecule has 0 aliphatic carbocycles. The number of halogens is 1. The van der Waals surface area contributed by atoms with Crippen molar-refractivity contribution in [2.75, 3.05) is 19.1 Å². The molecule has 1 heterocycles. The monoisotopic (exact) mass is 317 g/mol. The van der Waals surface area contributed by atoms with E-state index in [1.807, 2.05) is 13.2 Å². The van der Waals surface area contributed by atoms with Gasteiger partial charge >= 0.3 is 5.69 Å². The average Bonchev–Trinajstić information content (AvgIpc) is 2.42. The number of thioether (sulfide) groups is 1. The van der Waals surface area contributed by atoms with Crippen molar-refractivity contribution in [3.8, 4) is 0 Å². The lowest BCUT2D eigenvalue weighted by Gasteiger charge is -2.26. The van der Waals surface area contributed by atoms with E-state index in [1.165, 1.54) is 17.2 Å². The second-order valence-electron chi connectivity index (χ2n) is 4.19. The first kappa shape index (κ1) is 16.7. The Morgan fingerprint density at radius 1 is 1.65 bits per heavy atom. The van der Waals surface area contributed by atoms with Gasteiger partial charge in [0, 0.05) is 25.0 Å². The molecule has 0 radical (unpaired) electrons. The van der Waals surface area contributed by atoms with Crippen LogP contribution >= 0.6 is 23.4 Å². The first-order valence-corrected chi connectivity index (χ1v) is 7.76. The molecule has 0 fully saturated rings. The lowest BCUT2D eigenvalue weighted by atomic mass is 10.1. The van der Waals surface area contributed by atoms with Gasteiger partial charge in [0.15, 0.2) is 0 Å². The molecule has 1 amide bonds. The van der Waals surface area contributed by atoms with Crippen LogP contribution in [-0.4, -0.2) is 45.8 Å². The van der Waals surface area contributed by atoms with E-state index in [4.69, 9.17) is 11.6 Å². The quantitative estimate of drug-likeness (QED) is 0.458. The Hall–Kier alpha value is -1.34. The molecule has 0 saturated heterocycles. The maximum atomic E-state index is 12.4. The van der Waals surface area contributed by atoms with Gasteiger partial charge in [-0.05, 0) is 18.7 Å². The largest absolute Gasteiger partial charge is 0.338 e. The first-order valence-electron chi connectivity index (χ1n) is 5.99. The molecule has 1 unspecified atom stereocenters. The third kappa shape index (κ3) is 3.61. The van der Waals surface area contributed by atoms with Crippen molar-refractivity contribution in [2.24, 2.45) is 0 Å². The van der Waals surface area contributed by atoms with E-state index in [0.717, 1.165) is 12.2 Å². The van der Waals surface area contributed by atoms with Gasteiger partial charge in [0.2, 0.25) is 5.15 Å². The van der Waals surface area contributed by atoms with Gasteiger partial charge in [0.05, 0.1) is 4.92 Å². The third-order valence-electron chi connectivity index (χ3n) is 2.99. The number of rotatable bonds is 6. The molecule has 8 heteroatoms. The van der Waals surface area contributed by atoms with Crippen LogP contribution in [0.3, 0.4) is 0 Å². The van der Waals surface area contributed by atoms with Crippen LogP contribution in [0, 0.1) is 10.1 Å². The number of amides is 1. The summed E-state index contributed by atoms with van der Waals surface area (Å²) >= 11 is 7.34. The van der Waals surface area contributed by atoms with Gasteiger partial charge in [0.25, 0.3) is 5.91 Å². The van der Waals surface area contributed by atoms with Gasteiger partial charge in [-0.1, -0.05) is 18.5 Å². The van der Waals surface area contributed by atoms with Crippen molar-refractivity contribution in [1.29, 1.82) is 0 Å². The lowest BCUT2D eigenvalue weighted by Crippen LogP contribution is -2.38. The number of aromatic nitrogens is 1. The Labute approximate surface area is 126 Å². The second-order valence-corrected chi connectivity index (χ2v) is 5.46. The SMILES string of the molecule is CCC(CSC)N(C)C(=O)c1ccnc(Cl)c1[N+](=O)[O-]. The lowest BCUT2D eigenvalue weighted by molar-refractivity contribution is -0.385. The number of hydrogen-bond donors (Lipinski definition) is 0. The molecule has 0 aliphatic heterocycles. The van der Waals surface area contributed by atoms with Gasteiger partial charge in [-0.15, -0.1) is 0 Å². The number of nitrogens with zero attached hydrogens (tertiary/aromatic N) is 3. The van der Waals surface area contributed by atoms with Crippen LogP contribution in [0.25, 0.3) is 0 Å². The van der Waals surface area contributed by atoms with E-state index in [1.54, 1.807) is 18.8 Å². The molecule has 0 spiro atoms. The maximum absolute atomic E-state index is 12.4. The van der Waals surface area contributed by atoms with Crippen molar-refractivity contribution in [3.63, 3.8) is 0 Å². The van der Waals surface area contributed by atoms with Gasteiger partial charge in [0.1, 0.15) is 5.56 Å².